The number of imidazole rings is 1. The summed E-state index contributed by atoms with van der Waals surface area (Å²) in [4.78, 5) is 16.4. The standard InChI is InChI=1S/C19H22N6O/c1-24-13-20-12-16(24)19(26)21-15-7-8-17-22-23-18(25(17)10-9-15)11-14-5-3-2-4-6-14/h2-6,12-13,15H,7-11H2,1H3,(H,21,26). The van der Waals surface area contributed by atoms with Crippen molar-refractivity contribution in [3.8, 4) is 0 Å². The summed E-state index contributed by atoms with van der Waals surface area (Å²) >= 11 is 0. The van der Waals surface area contributed by atoms with Crippen molar-refractivity contribution in [3.05, 3.63) is 65.8 Å². The second-order valence-corrected chi connectivity index (χ2v) is 6.73. The van der Waals surface area contributed by atoms with E-state index in [1.807, 2.05) is 25.2 Å². The highest BCUT2D eigenvalue weighted by Crippen LogP contribution is 2.17. The number of nitrogens with one attached hydrogen (secondary N) is 1. The third-order valence-electron chi connectivity index (χ3n) is 4.91. The van der Waals surface area contributed by atoms with E-state index >= 15 is 0 Å². The second-order valence-electron chi connectivity index (χ2n) is 6.73. The van der Waals surface area contributed by atoms with Crippen LogP contribution in [0.25, 0.3) is 0 Å². The number of aryl methyl sites for hydroxylation is 2. The van der Waals surface area contributed by atoms with E-state index < -0.39 is 0 Å². The highest BCUT2D eigenvalue weighted by Gasteiger charge is 2.22. The summed E-state index contributed by atoms with van der Waals surface area (Å²) in [5, 5.41) is 11.9. The van der Waals surface area contributed by atoms with Crippen LogP contribution in [0, 0.1) is 0 Å². The van der Waals surface area contributed by atoms with Gasteiger partial charge in [-0.15, -0.1) is 10.2 Å². The number of fused-ring (bicyclic) bond motifs is 1. The number of aromatic nitrogens is 5. The van der Waals surface area contributed by atoms with Gasteiger partial charge in [0, 0.05) is 32.5 Å². The van der Waals surface area contributed by atoms with Crippen LogP contribution in [0.1, 0.15) is 40.5 Å². The maximum Gasteiger partial charge on any atom is 0.269 e. The fourth-order valence-corrected chi connectivity index (χ4v) is 3.44. The number of amides is 1. The Balaban J connectivity index is 1.43. The van der Waals surface area contributed by atoms with E-state index in [9.17, 15) is 4.79 Å². The van der Waals surface area contributed by atoms with E-state index in [4.69, 9.17) is 0 Å². The van der Waals surface area contributed by atoms with Gasteiger partial charge in [0.1, 0.15) is 17.3 Å². The lowest BCUT2D eigenvalue weighted by molar-refractivity contribution is 0.0924. The molecule has 3 heterocycles. The maximum atomic E-state index is 12.4. The molecule has 0 saturated carbocycles. The molecule has 0 radical (unpaired) electrons. The Hall–Kier alpha value is -2.96. The van der Waals surface area contributed by atoms with E-state index in [-0.39, 0.29) is 11.9 Å². The molecule has 1 aliphatic heterocycles. The Labute approximate surface area is 152 Å². The molecular weight excluding hydrogens is 328 g/mol. The van der Waals surface area contributed by atoms with Gasteiger partial charge in [-0.3, -0.25) is 4.79 Å². The molecule has 0 aliphatic carbocycles. The molecule has 134 valence electrons. The molecule has 1 amide bonds. The smallest absolute Gasteiger partial charge is 0.269 e. The third kappa shape index (κ3) is 3.37. The second kappa shape index (κ2) is 7.11. The fraction of sp³-hybridized carbons (Fsp3) is 0.368. The molecule has 7 nitrogen and oxygen atoms in total. The van der Waals surface area contributed by atoms with E-state index in [1.54, 1.807) is 17.1 Å². The molecule has 1 aliphatic rings. The van der Waals surface area contributed by atoms with Gasteiger partial charge >= 0.3 is 0 Å². The molecule has 7 heteroatoms. The summed E-state index contributed by atoms with van der Waals surface area (Å²) in [6, 6.07) is 10.4. The van der Waals surface area contributed by atoms with Crippen molar-refractivity contribution in [3.63, 3.8) is 0 Å². The topological polar surface area (TPSA) is 77.6 Å². The predicted octanol–water partition coefficient (Wildman–Crippen LogP) is 1.74. The number of benzene rings is 1. The number of nitrogens with zero attached hydrogens (tertiary/aromatic N) is 5. The van der Waals surface area contributed by atoms with Crippen LogP contribution in [0.5, 0.6) is 0 Å². The number of hydrogen-bond acceptors (Lipinski definition) is 4. The van der Waals surface area contributed by atoms with Crippen molar-refractivity contribution in [2.24, 2.45) is 7.05 Å². The van der Waals surface area contributed by atoms with Crippen molar-refractivity contribution < 1.29 is 4.79 Å². The zero-order chi connectivity index (χ0) is 17.9. The summed E-state index contributed by atoms with van der Waals surface area (Å²) in [7, 11) is 1.83. The Morgan fingerprint density at radius 1 is 1.23 bits per heavy atom. The molecule has 1 atom stereocenters. The molecule has 3 aromatic rings. The van der Waals surface area contributed by atoms with E-state index in [0.29, 0.717) is 5.69 Å². The van der Waals surface area contributed by atoms with Crippen LogP contribution in [-0.2, 0) is 26.4 Å². The van der Waals surface area contributed by atoms with Gasteiger partial charge in [0.15, 0.2) is 0 Å². The summed E-state index contributed by atoms with van der Waals surface area (Å²) in [6.45, 7) is 0.820. The minimum Gasteiger partial charge on any atom is -0.348 e. The zero-order valence-corrected chi connectivity index (χ0v) is 14.8. The van der Waals surface area contributed by atoms with Crippen LogP contribution in [0.3, 0.4) is 0 Å². The Kier molecular flexibility index (Phi) is 4.51. The van der Waals surface area contributed by atoms with Gasteiger partial charge in [0.25, 0.3) is 5.91 Å². The first-order valence-corrected chi connectivity index (χ1v) is 8.93. The first kappa shape index (κ1) is 16.5. The molecule has 4 rings (SSSR count). The van der Waals surface area contributed by atoms with Gasteiger partial charge < -0.3 is 14.5 Å². The Bertz CT molecular complexity index is 898. The van der Waals surface area contributed by atoms with E-state index in [1.165, 1.54) is 5.56 Å². The summed E-state index contributed by atoms with van der Waals surface area (Å²) in [5.41, 5.74) is 1.81. The molecule has 1 N–H and O–H groups in total. The molecule has 1 unspecified atom stereocenters. The van der Waals surface area contributed by atoms with E-state index in [2.05, 4.69) is 37.2 Å². The lowest BCUT2D eigenvalue weighted by atomic mass is 10.1. The predicted molar refractivity (Wildman–Crippen MR) is 96.7 cm³/mol. The number of carbonyl (C=O) groups excluding carboxylic acids is 1. The normalized spacial score (nSPS) is 16.7. The highest BCUT2D eigenvalue weighted by molar-refractivity contribution is 5.92. The van der Waals surface area contributed by atoms with Crippen LogP contribution in [0.2, 0.25) is 0 Å². The van der Waals surface area contributed by atoms with Crippen molar-refractivity contribution in [1.29, 1.82) is 0 Å². The molecule has 0 spiro atoms. The lowest BCUT2D eigenvalue weighted by Crippen LogP contribution is -2.36. The van der Waals surface area contributed by atoms with E-state index in [0.717, 1.165) is 43.9 Å². The molecule has 2 aromatic heterocycles. The largest absolute Gasteiger partial charge is 0.348 e. The summed E-state index contributed by atoms with van der Waals surface area (Å²) in [6.07, 6.45) is 6.57. The quantitative estimate of drug-likeness (QED) is 0.777. The monoisotopic (exact) mass is 350 g/mol. The van der Waals surface area contributed by atoms with Crippen LogP contribution < -0.4 is 5.32 Å². The molecule has 1 aromatic carbocycles. The first-order valence-electron chi connectivity index (χ1n) is 8.93. The third-order valence-corrected chi connectivity index (χ3v) is 4.91. The van der Waals surface area contributed by atoms with Crippen LogP contribution in [-0.4, -0.2) is 36.3 Å². The van der Waals surface area contributed by atoms with Gasteiger partial charge in [0.2, 0.25) is 0 Å². The van der Waals surface area contributed by atoms with Gasteiger partial charge in [-0.1, -0.05) is 30.3 Å². The average molecular weight is 350 g/mol. The fourth-order valence-electron chi connectivity index (χ4n) is 3.44. The Morgan fingerprint density at radius 2 is 2.08 bits per heavy atom. The average Bonchev–Trinajstić information content (AvgIpc) is 3.18. The first-order chi connectivity index (χ1) is 12.7. The van der Waals surface area contributed by atoms with Gasteiger partial charge in [-0.25, -0.2) is 4.98 Å². The molecule has 0 bridgehead atoms. The number of hydrogen-bond donors (Lipinski definition) is 1. The van der Waals surface area contributed by atoms with Gasteiger partial charge in [-0.2, -0.15) is 0 Å². The van der Waals surface area contributed by atoms with Crippen LogP contribution >= 0.6 is 0 Å². The van der Waals surface area contributed by atoms with Crippen molar-refractivity contribution in [2.75, 3.05) is 0 Å². The van der Waals surface area contributed by atoms with Crippen LogP contribution in [0.4, 0.5) is 0 Å². The summed E-state index contributed by atoms with van der Waals surface area (Å²) < 4.78 is 3.95. The molecule has 0 fully saturated rings. The minimum absolute atomic E-state index is 0.0721. The van der Waals surface area contributed by atoms with Crippen molar-refractivity contribution >= 4 is 5.91 Å². The van der Waals surface area contributed by atoms with Gasteiger partial charge in [0.05, 0.1) is 12.5 Å². The lowest BCUT2D eigenvalue weighted by Gasteiger charge is -2.16. The number of carbonyl (C=O) groups is 1. The maximum absolute atomic E-state index is 12.4. The molecule has 26 heavy (non-hydrogen) atoms. The molecular formula is C19H22N6O. The van der Waals surface area contributed by atoms with Crippen LogP contribution in [0.15, 0.2) is 42.9 Å². The highest BCUT2D eigenvalue weighted by atomic mass is 16.2. The molecule has 0 saturated heterocycles. The Morgan fingerprint density at radius 3 is 2.85 bits per heavy atom. The summed E-state index contributed by atoms with van der Waals surface area (Å²) in [5.74, 6) is 1.93. The van der Waals surface area contributed by atoms with Crippen molar-refractivity contribution in [2.45, 2.75) is 38.3 Å². The minimum atomic E-state index is -0.0721. The zero-order valence-electron chi connectivity index (χ0n) is 14.8. The number of rotatable bonds is 4. The van der Waals surface area contributed by atoms with Gasteiger partial charge in [-0.05, 0) is 18.4 Å². The SMILES string of the molecule is Cn1cncc1C(=O)NC1CCc2nnc(Cc3ccccc3)n2CC1. The van der Waals surface area contributed by atoms with Crippen molar-refractivity contribution in [1.82, 2.24) is 29.6 Å².